The zero-order valence-electron chi connectivity index (χ0n) is 21.9. The number of carbonyl (C=O) groups is 1. The van der Waals surface area contributed by atoms with Crippen molar-refractivity contribution in [3.05, 3.63) is 72.3 Å². The maximum absolute atomic E-state index is 12.1. The van der Waals surface area contributed by atoms with E-state index in [0.717, 1.165) is 68.7 Å². The molecule has 3 aromatic rings. The fourth-order valence-electron chi connectivity index (χ4n) is 4.58. The molecule has 1 aliphatic heterocycles. The van der Waals surface area contributed by atoms with Crippen LogP contribution in [-0.4, -0.2) is 76.2 Å². The van der Waals surface area contributed by atoms with Crippen LogP contribution < -0.4 is 15.4 Å². The Morgan fingerprint density at radius 1 is 1.11 bits per heavy atom. The molecule has 202 valence electrons. The van der Waals surface area contributed by atoms with Crippen LogP contribution in [0.15, 0.2) is 61.1 Å². The summed E-state index contributed by atoms with van der Waals surface area (Å²) in [6, 6.07) is 15.8. The van der Waals surface area contributed by atoms with Gasteiger partial charge in [-0.25, -0.2) is 15.0 Å². The molecule has 1 aromatic carbocycles. The summed E-state index contributed by atoms with van der Waals surface area (Å²) < 4.78 is 5.94. The lowest BCUT2D eigenvalue weighted by Gasteiger charge is -2.31. The first-order valence-electron chi connectivity index (χ1n) is 13.4. The van der Waals surface area contributed by atoms with E-state index in [1.54, 1.807) is 12.3 Å². The molecule has 1 atom stereocenters. The van der Waals surface area contributed by atoms with Gasteiger partial charge in [-0.15, -0.1) is 0 Å². The molecule has 4 rings (SSSR count). The molecule has 0 spiro atoms. The van der Waals surface area contributed by atoms with Crippen molar-refractivity contribution < 1.29 is 14.6 Å². The van der Waals surface area contributed by atoms with Crippen LogP contribution in [-0.2, 0) is 17.6 Å². The van der Waals surface area contributed by atoms with Crippen molar-refractivity contribution in [3.8, 4) is 5.75 Å². The van der Waals surface area contributed by atoms with Gasteiger partial charge in [-0.3, -0.25) is 4.90 Å². The number of hydrogen-bond donors (Lipinski definition) is 3. The molecule has 9 nitrogen and oxygen atoms in total. The van der Waals surface area contributed by atoms with Crippen LogP contribution >= 0.6 is 0 Å². The minimum absolute atomic E-state index is 0.326. The van der Waals surface area contributed by atoms with Crippen molar-refractivity contribution in [2.75, 3.05) is 50.0 Å². The number of aromatic nitrogens is 3. The number of pyridine rings is 1. The molecule has 0 aliphatic carbocycles. The number of ether oxygens (including phenoxy) is 1. The normalized spacial score (nSPS) is 14.3. The Morgan fingerprint density at radius 2 is 2.00 bits per heavy atom. The lowest BCUT2D eigenvalue weighted by molar-refractivity contribution is -0.113. The number of aliphatic hydroxyl groups is 1. The van der Waals surface area contributed by atoms with Gasteiger partial charge in [0.15, 0.2) is 0 Å². The Hall–Kier alpha value is -3.56. The number of carbonyl (C=O) groups excluding carboxylic acids is 1. The van der Waals surface area contributed by atoms with E-state index in [9.17, 15) is 9.90 Å². The molecule has 0 bridgehead atoms. The van der Waals surface area contributed by atoms with Crippen molar-refractivity contribution in [1.29, 1.82) is 0 Å². The van der Waals surface area contributed by atoms with Gasteiger partial charge in [0.25, 0.3) is 0 Å². The van der Waals surface area contributed by atoms with Gasteiger partial charge < -0.3 is 25.3 Å². The number of aldehydes is 1. The number of nitrogens with zero attached hydrogens (tertiary/aromatic N) is 4. The smallest absolute Gasteiger partial charge is 0.147 e. The Morgan fingerprint density at radius 3 is 2.79 bits per heavy atom. The molecule has 0 fully saturated rings. The quantitative estimate of drug-likeness (QED) is 0.194. The van der Waals surface area contributed by atoms with E-state index in [2.05, 4.69) is 37.6 Å². The molecule has 3 heterocycles. The summed E-state index contributed by atoms with van der Waals surface area (Å²) in [6.07, 6.45) is 9.41. The number of hydrogen-bond acceptors (Lipinski definition) is 9. The van der Waals surface area contributed by atoms with Gasteiger partial charge >= 0.3 is 0 Å². The Bertz CT molecular complexity index is 1120. The average Bonchev–Trinajstić information content (AvgIpc) is 2.98. The Kier molecular flexibility index (Phi) is 10.4. The van der Waals surface area contributed by atoms with Crippen molar-refractivity contribution in [2.45, 2.75) is 44.1 Å². The molecular formula is C29H38N6O3. The SMILES string of the molecule is O=CC(CO)(CCN(CCCCc1ccc2c(n1)NCCC2)CCOc1ccccc1)Nc1ccncn1. The summed E-state index contributed by atoms with van der Waals surface area (Å²) in [5.74, 6) is 2.38. The lowest BCUT2D eigenvalue weighted by atomic mass is 9.97. The molecule has 1 unspecified atom stereocenters. The maximum Gasteiger partial charge on any atom is 0.147 e. The number of fused-ring (bicyclic) bond motifs is 1. The third-order valence-corrected chi connectivity index (χ3v) is 6.87. The average molecular weight is 519 g/mol. The first-order valence-corrected chi connectivity index (χ1v) is 13.4. The highest BCUT2D eigenvalue weighted by Crippen LogP contribution is 2.21. The van der Waals surface area contributed by atoms with Gasteiger partial charge in [-0.1, -0.05) is 24.3 Å². The van der Waals surface area contributed by atoms with E-state index in [-0.39, 0.29) is 6.61 Å². The molecule has 1 aliphatic rings. The van der Waals surface area contributed by atoms with Crippen LogP contribution in [0.1, 0.15) is 36.9 Å². The van der Waals surface area contributed by atoms with E-state index >= 15 is 0 Å². The molecule has 3 N–H and O–H groups in total. The van der Waals surface area contributed by atoms with E-state index in [4.69, 9.17) is 9.72 Å². The monoisotopic (exact) mass is 518 g/mol. The van der Waals surface area contributed by atoms with Gasteiger partial charge in [0.05, 0.1) is 6.61 Å². The predicted molar refractivity (Wildman–Crippen MR) is 149 cm³/mol. The second-order valence-corrected chi connectivity index (χ2v) is 9.70. The molecular weight excluding hydrogens is 480 g/mol. The van der Waals surface area contributed by atoms with Crippen LogP contribution in [0.25, 0.3) is 0 Å². The topological polar surface area (TPSA) is 112 Å². The highest BCUT2D eigenvalue weighted by atomic mass is 16.5. The summed E-state index contributed by atoms with van der Waals surface area (Å²) in [4.78, 5) is 27.2. The second-order valence-electron chi connectivity index (χ2n) is 9.70. The zero-order chi connectivity index (χ0) is 26.5. The summed E-state index contributed by atoms with van der Waals surface area (Å²) in [7, 11) is 0. The highest BCUT2D eigenvalue weighted by Gasteiger charge is 2.30. The first kappa shape index (κ1) is 27.5. The number of rotatable bonds is 16. The maximum atomic E-state index is 12.1. The van der Waals surface area contributed by atoms with Gasteiger partial charge in [0.2, 0.25) is 0 Å². The van der Waals surface area contributed by atoms with Crippen molar-refractivity contribution in [3.63, 3.8) is 0 Å². The molecule has 9 heteroatoms. The highest BCUT2D eigenvalue weighted by molar-refractivity contribution is 5.70. The minimum atomic E-state index is -1.12. The molecule has 2 aromatic heterocycles. The van der Waals surface area contributed by atoms with Gasteiger partial charge in [-0.05, 0) is 74.9 Å². The van der Waals surface area contributed by atoms with Crippen molar-refractivity contribution in [2.24, 2.45) is 0 Å². The largest absolute Gasteiger partial charge is 0.492 e. The summed E-state index contributed by atoms with van der Waals surface area (Å²) >= 11 is 0. The van der Waals surface area contributed by atoms with Crippen LogP contribution in [0.3, 0.4) is 0 Å². The van der Waals surface area contributed by atoms with Crippen LogP contribution in [0.2, 0.25) is 0 Å². The first-order chi connectivity index (χ1) is 18.7. The Balaban J connectivity index is 1.31. The van der Waals surface area contributed by atoms with E-state index in [0.29, 0.717) is 31.9 Å². The third kappa shape index (κ3) is 8.22. The zero-order valence-corrected chi connectivity index (χ0v) is 21.9. The fraction of sp³-hybridized carbons (Fsp3) is 0.448. The third-order valence-electron chi connectivity index (χ3n) is 6.87. The summed E-state index contributed by atoms with van der Waals surface area (Å²) in [5.41, 5.74) is 1.31. The van der Waals surface area contributed by atoms with E-state index in [1.807, 2.05) is 30.3 Å². The van der Waals surface area contributed by atoms with Gasteiger partial charge in [-0.2, -0.15) is 0 Å². The number of anilines is 2. The number of aryl methyl sites for hydroxylation is 2. The number of para-hydroxylation sites is 1. The fourth-order valence-corrected chi connectivity index (χ4v) is 4.58. The van der Waals surface area contributed by atoms with E-state index in [1.165, 1.54) is 11.9 Å². The van der Waals surface area contributed by atoms with Crippen LogP contribution in [0.4, 0.5) is 11.6 Å². The minimum Gasteiger partial charge on any atom is -0.492 e. The standard InChI is InChI=1S/C29H38N6O3/c36-21-29(22-37,34-27-13-16-30-23-32-27)14-18-35(19-20-38-26-9-2-1-3-10-26)17-5-4-8-25-12-11-24-7-6-15-31-28(24)33-25/h1-3,9-13,16,21,23,37H,4-8,14-15,17-20,22H2,(H,31,33)(H,30,32,34). The number of nitrogens with one attached hydrogen (secondary N) is 2. The molecule has 38 heavy (non-hydrogen) atoms. The number of aliphatic hydroxyl groups excluding tert-OH is 1. The second kappa shape index (κ2) is 14.4. The van der Waals surface area contributed by atoms with Gasteiger partial charge in [0.1, 0.15) is 42.1 Å². The summed E-state index contributed by atoms with van der Waals surface area (Å²) in [6.45, 7) is 3.39. The number of unbranched alkanes of at least 4 members (excludes halogenated alkanes) is 1. The molecule has 0 saturated heterocycles. The van der Waals surface area contributed by atoms with Crippen molar-refractivity contribution >= 4 is 17.9 Å². The van der Waals surface area contributed by atoms with E-state index < -0.39 is 5.54 Å². The molecule has 0 radical (unpaired) electrons. The number of benzene rings is 1. The van der Waals surface area contributed by atoms with Gasteiger partial charge in [0, 0.05) is 31.5 Å². The van der Waals surface area contributed by atoms with Crippen molar-refractivity contribution in [1.82, 2.24) is 19.9 Å². The lowest BCUT2D eigenvalue weighted by Crippen LogP contribution is -2.47. The van der Waals surface area contributed by atoms with Crippen LogP contribution in [0, 0.1) is 0 Å². The summed E-state index contributed by atoms with van der Waals surface area (Å²) in [5, 5.41) is 16.6. The Labute approximate surface area is 224 Å². The molecule has 0 saturated carbocycles. The van der Waals surface area contributed by atoms with Crippen LogP contribution in [0.5, 0.6) is 5.75 Å². The predicted octanol–water partition coefficient (Wildman–Crippen LogP) is 3.37. The molecule has 0 amide bonds.